The summed E-state index contributed by atoms with van der Waals surface area (Å²) < 4.78 is 28.7. The third-order valence-corrected chi connectivity index (χ3v) is 4.17. The van der Waals surface area contributed by atoms with Crippen LogP contribution >= 0.6 is 15.9 Å². The van der Waals surface area contributed by atoms with E-state index >= 15 is 0 Å². The van der Waals surface area contributed by atoms with Gasteiger partial charge in [0, 0.05) is 17.7 Å². The lowest BCUT2D eigenvalue weighted by Crippen LogP contribution is -2.18. The summed E-state index contributed by atoms with van der Waals surface area (Å²) in [7, 11) is -2.10. The molecule has 0 aliphatic rings. The molecule has 0 aliphatic carbocycles. The smallest absolute Gasteiger partial charge is 0.262 e. The quantitative estimate of drug-likeness (QED) is 0.928. The lowest BCUT2D eigenvalue weighted by Gasteiger charge is -2.09. The molecule has 0 saturated carbocycles. The van der Waals surface area contributed by atoms with E-state index in [0.29, 0.717) is 5.82 Å². The van der Waals surface area contributed by atoms with Crippen molar-refractivity contribution in [2.24, 2.45) is 7.05 Å². The molecule has 18 heavy (non-hydrogen) atoms. The van der Waals surface area contributed by atoms with E-state index in [1.165, 1.54) is 23.1 Å². The van der Waals surface area contributed by atoms with Gasteiger partial charge in [-0.1, -0.05) is 0 Å². The van der Waals surface area contributed by atoms with Gasteiger partial charge in [-0.2, -0.15) is 13.5 Å². The number of hydrogen-bond donors (Lipinski definition) is 1. The molecule has 0 aliphatic heterocycles. The van der Waals surface area contributed by atoms with Crippen LogP contribution in [0.5, 0.6) is 0 Å². The first-order valence-electron chi connectivity index (χ1n) is 5.03. The second kappa shape index (κ2) is 4.69. The lowest BCUT2D eigenvalue weighted by molar-refractivity contribution is 0.582. The average Bonchev–Trinajstić information content (AvgIpc) is 2.69. The standard InChI is InChI=1S/C10H11BrN4O2S/c1-7-5-8(11)6-12-10(7)14-18(16,17)9-3-4-13-15(9)2/h3-6H,1-2H3,(H,12,14). The number of aromatic nitrogens is 3. The zero-order valence-electron chi connectivity index (χ0n) is 9.75. The van der Waals surface area contributed by atoms with Crippen LogP contribution in [0.25, 0.3) is 0 Å². The first kappa shape index (κ1) is 13.0. The predicted molar refractivity (Wildman–Crippen MR) is 70.7 cm³/mol. The van der Waals surface area contributed by atoms with Crippen LogP contribution in [-0.2, 0) is 17.1 Å². The Bertz CT molecular complexity index is 681. The van der Waals surface area contributed by atoms with Gasteiger partial charge in [-0.05, 0) is 40.5 Å². The maximum atomic E-state index is 12.1. The van der Waals surface area contributed by atoms with Gasteiger partial charge in [-0.25, -0.2) is 4.98 Å². The summed E-state index contributed by atoms with van der Waals surface area (Å²) in [6.07, 6.45) is 2.96. The number of hydrogen-bond acceptors (Lipinski definition) is 4. The van der Waals surface area contributed by atoms with Gasteiger partial charge in [0.1, 0.15) is 5.82 Å². The van der Waals surface area contributed by atoms with E-state index in [2.05, 4.69) is 30.7 Å². The Hall–Kier alpha value is -1.41. The molecule has 2 heterocycles. The summed E-state index contributed by atoms with van der Waals surface area (Å²) in [5.74, 6) is 0.305. The lowest BCUT2D eigenvalue weighted by atomic mass is 10.3. The topological polar surface area (TPSA) is 76.9 Å². The summed E-state index contributed by atoms with van der Waals surface area (Å²) in [4.78, 5) is 4.04. The molecule has 0 saturated heterocycles. The van der Waals surface area contributed by atoms with E-state index in [1.807, 2.05) is 0 Å². The van der Waals surface area contributed by atoms with Crippen LogP contribution in [0.15, 0.2) is 34.0 Å². The highest BCUT2D eigenvalue weighted by atomic mass is 79.9. The average molecular weight is 331 g/mol. The molecule has 2 aromatic rings. The van der Waals surface area contributed by atoms with Crippen LogP contribution in [0.4, 0.5) is 5.82 Å². The van der Waals surface area contributed by atoms with Gasteiger partial charge >= 0.3 is 0 Å². The largest absolute Gasteiger partial charge is 0.280 e. The number of nitrogens with one attached hydrogen (secondary N) is 1. The van der Waals surface area contributed by atoms with Gasteiger partial charge in [0.05, 0.1) is 6.20 Å². The number of anilines is 1. The molecule has 1 N–H and O–H groups in total. The van der Waals surface area contributed by atoms with Crippen molar-refractivity contribution in [3.05, 3.63) is 34.6 Å². The Morgan fingerprint density at radius 2 is 2.17 bits per heavy atom. The predicted octanol–water partition coefficient (Wildman–Crippen LogP) is 1.69. The molecule has 2 rings (SSSR count). The number of aryl methyl sites for hydroxylation is 2. The van der Waals surface area contributed by atoms with E-state index in [0.717, 1.165) is 10.0 Å². The second-order valence-electron chi connectivity index (χ2n) is 3.72. The van der Waals surface area contributed by atoms with Crippen LogP contribution in [0.1, 0.15) is 5.56 Å². The SMILES string of the molecule is Cc1cc(Br)cnc1NS(=O)(=O)c1ccnn1C. The molecule has 2 aromatic heterocycles. The van der Waals surface area contributed by atoms with Crippen molar-refractivity contribution < 1.29 is 8.42 Å². The van der Waals surface area contributed by atoms with Gasteiger partial charge in [-0.15, -0.1) is 0 Å². The summed E-state index contributed by atoms with van der Waals surface area (Å²) in [6, 6.07) is 3.21. The van der Waals surface area contributed by atoms with E-state index < -0.39 is 10.0 Å². The Balaban J connectivity index is 2.37. The van der Waals surface area contributed by atoms with Crippen LogP contribution in [0, 0.1) is 6.92 Å². The maximum absolute atomic E-state index is 12.1. The summed E-state index contributed by atoms with van der Waals surface area (Å²) >= 11 is 3.27. The summed E-state index contributed by atoms with van der Waals surface area (Å²) in [5, 5.41) is 3.92. The van der Waals surface area contributed by atoms with Crippen LogP contribution in [0.3, 0.4) is 0 Å². The third kappa shape index (κ3) is 2.54. The molecule has 6 nitrogen and oxygen atoms in total. The fourth-order valence-corrected chi connectivity index (χ4v) is 3.11. The normalized spacial score (nSPS) is 11.5. The first-order valence-corrected chi connectivity index (χ1v) is 7.31. The molecule has 0 radical (unpaired) electrons. The highest BCUT2D eigenvalue weighted by molar-refractivity contribution is 9.10. The first-order chi connectivity index (χ1) is 8.40. The Morgan fingerprint density at radius 1 is 1.44 bits per heavy atom. The number of nitrogens with zero attached hydrogens (tertiary/aromatic N) is 3. The molecule has 0 unspecified atom stereocenters. The van der Waals surface area contributed by atoms with Crippen LogP contribution in [-0.4, -0.2) is 23.2 Å². The van der Waals surface area contributed by atoms with Crippen molar-refractivity contribution in [2.45, 2.75) is 11.9 Å². The number of sulfonamides is 1. The molecule has 0 amide bonds. The second-order valence-corrected chi connectivity index (χ2v) is 6.26. The summed E-state index contributed by atoms with van der Waals surface area (Å²) in [5.41, 5.74) is 0.732. The molecular weight excluding hydrogens is 320 g/mol. The van der Waals surface area contributed by atoms with Crippen molar-refractivity contribution in [3.8, 4) is 0 Å². The molecular formula is C10H11BrN4O2S. The Morgan fingerprint density at radius 3 is 2.72 bits per heavy atom. The minimum Gasteiger partial charge on any atom is -0.262 e. The van der Waals surface area contributed by atoms with Crippen molar-refractivity contribution in [1.29, 1.82) is 0 Å². The molecule has 0 fully saturated rings. The van der Waals surface area contributed by atoms with Crippen molar-refractivity contribution in [2.75, 3.05) is 4.72 Å². The van der Waals surface area contributed by atoms with Gasteiger partial charge in [0.25, 0.3) is 10.0 Å². The van der Waals surface area contributed by atoms with E-state index in [4.69, 9.17) is 0 Å². The highest BCUT2D eigenvalue weighted by Gasteiger charge is 2.19. The van der Waals surface area contributed by atoms with Gasteiger partial charge < -0.3 is 0 Å². The Labute approximate surface area is 113 Å². The highest BCUT2D eigenvalue weighted by Crippen LogP contribution is 2.19. The third-order valence-electron chi connectivity index (χ3n) is 2.33. The number of pyridine rings is 1. The van der Waals surface area contributed by atoms with Crippen molar-refractivity contribution >= 4 is 31.8 Å². The fourth-order valence-electron chi connectivity index (χ4n) is 1.45. The van der Waals surface area contributed by atoms with E-state index in [1.54, 1.807) is 20.0 Å². The molecule has 96 valence electrons. The minimum absolute atomic E-state index is 0.0895. The summed E-state index contributed by atoms with van der Waals surface area (Å²) in [6.45, 7) is 1.78. The molecule has 0 spiro atoms. The minimum atomic E-state index is -3.66. The van der Waals surface area contributed by atoms with E-state index in [-0.39, 0.29) is 5.03 Å². The monoisotopic (exact) mass is 330 g/mol. The maximum Gasteiger partial charge on any atom is 0.280 e. The van der Waals surface area contributed by atoms with Gasteiger partial charge in [-0.3, -0.25) is 9.40 Å². The van der Waals surface area contributed by atoms with Crippen LogP contribution in [0.2, 0.25) is 0 Å². The molecule has 0 aromatic carbocycles. The fraction of sp³-hybridized carbons (Fsp3) is 0.200. The zero-order chi connectivity index (χ0) is 13.3. The molecule has 0 bridgehead atoms. The number of rotatable bonds is 3. The van der Waals surface area contributed by atoms with Crippen molar-refractivity contribution in [1.82, 2.24) is 14.8 Å². The van der Waals surface area contributed by atoms with E-state index in [9.17, 15) is 8.42 Å². The molecule has 8 heteroatoms. The van der Waals surface area contributed by atoms with Crippen LogP contribution < -0.4 is 4.72 Å². The number of halogens is 1. The van der Waals surface area contributed by atoms with Crippen molar-refractivity contribution in [3.63, 3.8) is 0 Å². The van der Waals surface area contributed by atoms with Gasteiger partial charge in [0.15, 0.2) is 5.03 Å². The molecule has 0 atom stereocenters. The Kier molecular flexibility index (Phi) is 3.40. The van der Waals surface area contributed by atoms with Gasteiger partial charge in [0.2, 0.25) is 0 Å². The zero-order valence-corrected chi connectivity index (χ0v) is 12.2.